The average Bonchev–Trinajstić information content (AvgIpc) is 2.91. The van der Waals surface area contributed by atoms with Crippen LogP contribution in [0, 0.1) is 0 Å². The predicted molar refractivity (Wildman–Crippen MR) is 85.7 cm³/mol. The van der Waals surface area contributed by atoms with Crippen molar-refractivity contribution in [2.75, 3.05) is 11.3 Å². The second-order valence-corrected chi connectivity index (χ2v) is 6.95. The molecule has 0 fully saturated rings. The van der Waals surface area contributed by atoms with Gasteiger partial charge in [0.25, 0.3) is 10.0 Å². The Morgan fingerprint density at radius 3 is 2.67 bits per heavy atom. The van der Waals surface area contributed by atoms with Crippen molar-refractivity contribution in [3.8, 4) is 0 Å². The maximum absolute atomic E-state index is 12.3. The molecule has 114 valence electrons. The molecule has 1 aromatic carbocycles. The van der Waals surface area contributed by atoms with Crippen LogP contribution in [0.5, 0.6) is 0 Å². The number of rotatable bonds is 7. The summed E-state index contributed by atoms with van der Waals surface area (Å²) in [4.78, 5) is 0. The van der Waals surface area contributed by atoms with Crippen molar-refractivity contribution >= 4 is 31.6 Å². The van der Waals surface area contributed by atoms with E-state index in [-0.39, 0.29) is 5.09 Å². The van der Waals surface area contributed by atoms with E-state index in [9.17, 15) is 8.42 Å². The molecule has 2 N–H and O–H groups in total. The Morgan fingerprint density at radius 2 is 1.95 bits per heavy atom. The van der Waals surface area contributed by atoms with E-state index < -0.39 is 10.0 Å². The lowest BCUT2D eigenvalue weighted by atomic mass is 10.3. The number of para-hydroxylation sites is 1. The minimum atomic E-state index is -3.72. The van der Waals surface area contributed by atoms with E-state index in [4.69, 9.17) is 4.42 Å². The topological polar surface area (TPSA) is 71.3 Å². The molecule has 21 heavy (non-hydrogen) atoms. The molecule has 5 nitrogen and oxygen atoms in total. The zero-order valence-electron chi connectivity index (χ0n) is 11.6. The van der Waals surface area contributed by atoms with E-state index >= 15 is 0 Å². The molecule has 2 rings (SSSR count). The zero-order chi connectivity index (χ0) is 15.3. The normalized spacial score (nSPS) is 11.5. The highest BCUT2D eigenvalue weighted by atomic mass is 79.9. The molecule has 1 aromatic heterocycles. The maximum Gasteiger partial charge on any atom is 0.295 e. The first-order valence-corrected chi connectivity index (χ1v) is 8.87. The van der Waals surface area contributed by atoms with Crippen molar-refractivity contribution in [1.29, 1.82) is 0 Å². The lowest BCUT2D eigenvalue weighted by Crippen LogP contribution is -2.14. The lowest BCUT2D eigenvalue weighted by Gasteiger charge is -2.07. The molecule has 0 radical (unpaired) electrons. The van der Waals surface area contributed by atoms with Crippen LogP contribution in [0.4, 0.5) is 5.69 Å². The number of anilines is 1. The van der Waals surface area contributed by atoms with Crippen LogP contribution in [0.2, 0.25) is 0 Å². The molecule has 0 aliphatic carbocycles. The second-order valence-electron chi connectivity index (χ2n) is 4.48. The summed E-state index contributed by atoms with van der Waals surface area (Å²) in [6.45, 7) is 3.43. The van der Waals surface area contributed by atoms with Gasteiger partial charge in [0.1, 0.15) is 5.76 Å². The molecular formula is C14H17BrN2O3S. The van der Waals surface area contributed by atoms with Crippen LogP contribution in [0.3, 0.4) is 0 Å². The van der Waals surface area contributed by atoms with Crippen LogP contribution < -0.4 is 10.0 Å². The van der Waals surface area contributed by atoms with Crippen LogP contribution in [0.1, 0.15) is 19.1 Å². The molecule has 0 spiro atoms. The van der Waals surface area contributed by atoms with E-state index in [2.05, 4.69) is 32.9 Å². The molecule has 0 saturated heterocycles. The largest absolute Gasteiger partial charge is 0.446 e. The Balaban J connectivity index is 2.11. The number of benzene rings is 1. The van der Waals surface area contributed by atoms with Crippen molar-refractivity contribution in [3.63, 3.8) is 0 Å². The summed E-state index contributed by atoms with van der Waals surface area (Å²) in [5, 5.41) is 3.07. The smallest absolute Gasteiger partial charge is 0.295 e. The monoisotopic (exact) mass is 372 g/mol. The molecule has 0 aliphatic rings. The van der Waals surface area contributed by atoms with Crippen LogP contribution in [0.15, 0.2) is 50.4 Å². The average molecular weight is 373 g/mol. The first-order chi connectivity index (χ1) is 10.0. The SMILES string of the molecule is CCCNCc1ccc(S(=O)(=O)Nc2ccccc2Br)o1. The standard InChI is InChI=1S/C14H17BrN2O3S/c1-2-9-16-10-11-7-8-14(20-11)21(18,19)17-13-6-4-3-5-12(13)15/h3-8,16-17H,2,9-10H2,1H3. The summed E-state index contributed by atoms with van der Waals surface area (Å²) >= 11 is 3.30. The number of sulfonamides is 1. The highest BCUT2D eigenvalue weighted by molar-refractivity contribution is 9.10. The van der Waals surface area contributed by atoms with Gasteiger partial charge in [0.2, 0.25) is 5.09 Å². The van der Waals surface area contributed by atoms with Gasteiger partial charge in [-0.3, -0.25) is 4.72 Å². The Morgan fingerprint density at radius 1 is 1.19 bits per heavy atom. The van der Waals surface area contributed by atoms with Crippen molar-refractivity contribution in [2.45, 2.75) is 25.0 Å². The molecular weight excluding hydrogens is 356 g/mol. The molecule has 0 bridgehead atoms. The highest BCUT2D eigenvalue weighted by Gasteiger charge is 2.19. The number of nitrogens with one attached hydrogen (secondary N) is 2. The van der Waals surface area contributed by atoms with Gasteiger partial charge in [-0.05, 0) is 53.2 Å². The third-order valence-electron chi connectivity index (χ3n) is 2.75. The molecule has 1 heterocycles. The molecule has 2 aromatic rings. The first kappa shape index (κ1) is 16.1. The number of furan rings is 1. The summed E-state index contributed by atoms with van der Waals surface area (Å²) < 4.78 is 33.0. The zero-order valence-corrected chi connectivity index (χ0v) is 14.0. The van der Waals surface area contributed by atoms with Gasteiger partial charge < -0.3 is 9.73 Å². The van der Waals surface area contributed by atoms with Crippen molar-refractivity contribution in [2.24, 2.45) is 0 Å². The Labute approximate surface area is 132 Å². The van der Waals surface area contributed by atoms with Crippen LogP contribution in [0.25, 0.3) is 0 Å². The Hall–Kier alpha value is -1.31. The molecule has 0 saturated carbocycles. The Bertz CT molecular complexity index is 698. The third kappa shape index (κ3) is 4.33. The van der Waals surface area contributed by atoms with Gasteiger partial charge >= 0.3 is 0 Å². The lowest BCUT2D eigenvalue weighted by molar-refractivity contribution is 0.403. The molecule has 0 atom stereocenters. The molecule has 0 amide bonds. The van der Waals surface area contributed by atoms with Crippen LogP contribution in [-0.4, -0.2) is 15.0 Å². The van der Waals surface area contributed by atoms with Gasteiger partial charge in [-0.1, -0.05) is 19.1 Å². The fourth-order valence-corrected chi connectivity index (χ4v) is 3.27. The fraction of sp³-hybridized carbons (Fsp3) is 0.286. The maximum atomic E-state index is 12.3. The number of hydrogen-bond acceptors (Lipinski definition) is 4. The summed E-state index contributed by atoms with van der Waals surface area (Å²) in [6.07, 6.45) is 1.01. The Kier molecular flexibility index (Phi) is 5.44. The quantitative estimate of drug-likeness (QED) is 0.731. The number of halogens is 1. The van der Waals surface area contributed by atoms with Gasteiger partial charge in [0.05, 0.1) is 12.2 Å². The van der Waals surface area contributed by atoms with Gasteiger partial charge in [-0.2, -0.15) is 8.42 Å². The van der Waals surface area contributed by atoms with Crippen molar-refractivity contribution < 1.29 is 12.8 Å². The minimum absolute atomic E-state index is 0.0912. The first-order valence-electron chi connectivity index (χ1n) is 6.59. The van der Waals surface area contributed by atoms with E-state index in [0.29, 0.717) is 22.5 Å². The number of hydrogen-bond donors (Lipinski definition) is 2. The third-order valence-corrected chi connectivity index (χ3v) is 4.68. The summed E-state index contributed by atoms with van der Waals surface area (Å²) in [7, 11) is -3.72. The molecule has 0 aliphatic heterocycles. The highest BCUT2D eigenvalue weighted by Crippen LogP contribution is 2.25. The van der Waals surface area contributed by atoms with E-state index in [1.54, 1.807) is 24.3 Å². The van der Waals surface area contributed by atoms with Gasteiger partial charge in [-0.15, -0.1) is 0 Å². The van der Waals surface area contributed by atoms with Gasteiger partial charge in [0, 0.05) is 4.47 Å². The predicted octanol–water partition coefficient (Wildman–Crippen LogP) is 3.34. The summed E-state index contributed by atoms with van der Waals surface area (Å²) in [5.41, 5.74) is 0.472. The summed E-state index contributed by atoms with van der Waals surface area (Å²) in [5.74, 6) is 0.593. The van der Waals surface area contributed by atoms with Crippen LogP contribution >= 0.6 is 15.9 Å². The van der Waals surface area contributed by atoms with Gasteiger partial charge in [-0.25, -0.2) is 0 Å². The fourth-order valence-electron chi connectivity index (χ4n) is 1.73. The van der Waals surface area contributed by atoms with E-state index in [0.717, 1.165) is 13.0 Å². The second kappa shape index (κ2) is 7.11. The molecule has 7 heteroatoms. The van der Waals surface area contributed by atoms with Crippen molar-refractivity contribution in [1.82, 2.24) is 5.32 Å². The van der Waals surface area contributed by atoms with Gasteiger partial charge in [0.15, 0.2) is 0 Å². The van der Waals surface area contributed by atoms with Crippen molar-refractivity contribution in [3.05, 3.63) is 46.6 Å². The van der Waals surface area contributed by atoms with Crippen LogP contribution in [-0.2, 0) is 16.6 Å². The summed E-state index contributed by atoms with van der Waals surface area (Å²) in [6, 6.07) is 10.1. The van der Waals surface area contributed by atoms with E-state index in [1.165, 1.54) is 6.07 Å². The molecule has 0 unspecified atom stereocenters. The van der Waals surface area contributed by atoms with E-state index in [1.807, 2.05) is 6.07 Å². The minimum Gasteiger partial charge on any atom is -0.446 e.